The first-order valence-electron chi connectivity index (χ1n) is 10.9. The van der Waals surface area contributed by atoms with E-state index in [1.54, 1.807) is 4.90 Å². The van der Waals surface area contributed by atoms with E-state index in [-0.39, 0.29) is 24.5 Å². The molecule has 160 valence electrons. The lowest BCUT2D eigenvalue weighted by molar-refractivity contribution is -0.143. The molecule has 1 aliphatic rings. The molecule has 30 heavy (non-hydrogen) atoms. The van der Waals surface area contributed by atoms with Crippen LogP contribution in [0.1, 0.15) is 50.2 Å². The highest BCUT2D eigenvalue weighted by atomic mass is 16.5. The Hall–Kier alpha value is -2.82. The summed E-state index contributed by atoms with van der Waals surface area (Å²) in [6, 6.07) is 17.1. The Kier molecular flexibility index (Phi) is 7.89. The predicted octanol–water partition coefficient (Wildman–Crippen LogP) is 4.24. The molecule has 0 aromatic heterocycles. The number of carbonyl (C=O) groups is 2. The third-order valence-corrected chi connectivity index (χ3v) is 5.64. The average Bonchev–Trinajstić information content (AvgIpc) is 3.25. The van der Waals surface area contributed by atoms with Gasteiger partial charge in [0, 0.05) is 12.6 Å². The first kappa shape index (κ1) is 21.9. The number of hydrogen-bond acceptors (Lipinski definition) is 3. The lowest BCUT2D eigenvalue weighted by Gasteiger charge is -2.31. The minimum absolute atomic E-state index is 0.0655. The van der Waals surface area contributed by atoms with Crippen molar-refractivity contribution < 1.29 is 14.3 Å². The number of benzene rings is 2. The maximum Gasteiger partial charge on any atom is 0.261 e. The van der Waals surface area contributed by atoms with Gasteiger partial charge in [-0.15, -0.1) is 0 Å². The summed E-state index contributed by atoms with van der Waals surface area (Å²) in [4.78, 5) is 27.9. The summed E-state index contributed by atoms with van der Waals surface area (Å²) in [7, 11) is 0. The molecule has 5 heteroatoms. The first-order valence-corrected chi connectivity index (χ1v) is 10.9. The Labute approximate surface area is 179 Å². The van der Waals surface area contributed by atoms with Gasteiger partial charge < -0.3 is 15.0 Å². The zero-order valence-corrected chi connectivity index (χ0v) is 18.0. The van der Waals surface area contributed by atoms with Crippen molar-refractivity contribution in [1.29, 1.82) is 0 Å². The van der Waals surface area contributed by atoms with E-state index in [2.05, 4.69) is 5.32 Å². The Morgan fingerprint density at radius 3 is 2.50 bits per heavy atom. The second-order valence-corrected chi connectivity index (χ2v) is 8.03. The van der Waals surface area contributed by atoms with Crippen molar-refractivity contribution in [2.45, 2.75) is 64.6 Å². The molecule has 1 N–H and O–H groups in total. The zero-order valence-electron chi connectivity index (χ0n) is 18.0. The Morgan fingerprint density at radius 1 is 1.10 bits per heavy atom. The fourth-order valence-electron chi connectivity index (χ4n) is 4.00. The molecule has 2 aromatic carbocycles. The fraction of sp³-hybridized carbons (Fsp3) is 0.440. The predicted molar refractivity (Wildman–Crippen MR) is 118 cm³/mol. The Balaban J connectivity index is 1.73. The molecule has 2 aromatic rings. The van der Waals surface area contributed by atoms with Crippen LogP contribution in [-0.4, -0.2) is 35.4 Å². The minimum atomic E-state index is -0.514. The van der Waals surface area contributed by atoms with Crippen molar-refractivity contribution in [3.63, 3.8) is 0 Å². The van der Waals surface area contributed by atoms with E-state index in [0.29, 0.717) is 18.7 Å². The van der Waals surface area contributed by atoms with Gasteiger partial charge in [-0.25, -0.2) is 0 Å². The molecular weight excluding hydrogens is 376 g/mol. The summed E-state index contributed by atoms with van der Waals surface area (Å²) in [5.74, 6) is 0.407. The third kappa shape index (κ3) is 6.09. The van der Waals surface area contributed by atoms with Gasteiger partial charge in [-0.05, 0) is 49.4 Å². The molecule has 0 radical (unpaired) electrons. The van der Waals surface area contributed by atoms with Gasteiger partial charge in [-0.1, -0.05) is 62.2 Å². The van der Waals surface area contributed by atoms with Crippen LogP contribution in [0.5, 0.6) is 5.75 Å². The molecule has 0 unspecified atom stereocenters. The van der Waals surface area contributed by atoms with Crippen LogP contribution < -0.4 is 10.1 Å². The van der Waals surface area contributed by atoms with E-state index in [1.807, 2.05) is 68.4 Å². The molecule has 1 atom stereocenters. The van der Waals surface area contributed by atoms with Gasteiger partial charge >= 0.3 is 0 Å². The number of rotatable bonds is 9. The Bertz CT molecular complexity index is 831. The second kappa shape index (κ2) is 10.8. The van der Waals surface area contributed by atoms with E-state index < -0.39 is 6.04 Å². The lowest BCUT2D eigenvalue weighted by atomic mass is 10.1. The maximum absolute atomic E-state index is 13.2. The summed E-state index contributed by atoms with van der Waals surface area (Å²) >= 11 is 0. The molecule has 0 bridgehead atoms. The lowest BCUT2D eigenvalue weighted by Crippen LogP contribution is -2.52. The SMILES string of the molecule is CC[C@H](C(=O)NC1CCCC1)N(Cc1ccccc1)C(=O)COc1cccc(C)c1. The number of hydrogen-bond donors (Lipinski definition) is 1. The zero-order chi connectivity index (χ0) is 21.3. The van der Waals surface area contributed by atoms with Crippen molar-refractivity contribution in [3.8, 4) is 5.75 Å². The van der Waals surface area contributed by atoms with Crippen molar-refractivity contribution >= 4 is 11.8 Å². The highest BCUT2D eigenvalue weighted by Gasteiger charge is 2.30. The summed E-state index contributed by atoms with van der Waals surface area (Å²) in [5.41, 5.74) is 2.07. The molecule has 1 saturated carbocycles. The largest absolute Gasteiger partial charge is 0.484 e. The topological polar surface area (TPSA) is 58.6 Å². The van der Waals surface area contributed by atoms with E-state index in [1.165, 1.54) is 0 Å². The number of carbonyl (C=O) groups excluding carboxylic acids is 2. The number of aryl methyl sites for hydroxylation is 1. The van der Waals surface area contributed by atoms with E-state index in [0.717, 1.165) is 36.8 Å². The molecule has 0 saturated heterocycles. The highest BCUT2D eigenvalue weighted by molar-refractivity contribution is 5.88. The number of nitrogens with one attached hydrogen (secondary N) is 1. The van der Waals surface area contributed by atoms with Crippen LogP contribution in [0.15, 0.2) is 54.6 Å². The normalized spacial score (nSPS) is 14.9. The molecule has 5 nitrogen and oxygen atoms in total. The van der Waals surface area contributed by atoms with E-state index in [9.17, 15) is 9.59 Å². The van der Waals surface area contributed by atoms with Crippen LogP contribution in [0.3, 0.4) is 0 Å². The average molecular weight is 409 g/mol. The van der Waals surface area contributed by atoms with Gasteiger partial charge in [0.2, 0.25) is 5.91 Å². The van der Waals surface area contributed by atoms with Crippen LogP contribution in [-0.2, 0) is 16.1 Å². The summed E-state index contributed by atoms with van der Waals surface area (Å²) in [6.07, 6.45) is 4.90. The molecule has 1 aliphatic carbocycles. The molecule has 0 aliphatic heterocycles. The molecule has 2 amide bonds. The quantitative estimate of drug-likeness (QED) is 0.675. The Morgan fingerprint density at radius 2 is 1.83 bits per heavy atom. The van der Waals surface area contributed by atoms with Crippen LogP contribution in [0.4, 0.5) is 0 Å². The third-order valence-electron chi connectivity index (χ3n) is 5.64. The van der Waals surface area contributed by atoms with Crippen LogP contribution in [0, 0.1) is 6.92 Å². The van der Waals surface area contributed by atoms with Gasteiger partial charge in [0.05, 0.1) is 0 Å². The molecule has 1 fully saturated rings. The molecule has 0 spiro atoms. The number of ether oxygens (including phenoxy) is 1. The van der Waals surface area contributed by atoms with E-state index in [4.69, 9.17) is 4.74 Å². The molecular formula is C25H32N2O3. The minimum Gasteiger partial charge on any atom is -0.484 e. The second-order valence-electron chi connectivity index (χ2n) is 8.03. The molecule has 0 heterocycles. The summed E-state index contributed by atoms with van der Waals surface area (Å²) < 4.78 is 5.75. The van der Waals surface area contributed by atoms with Gasteiger partial charge in [-0.2, -0.15) is 0 Å². The van der Waals surface area contributed by atoms with Crippen LogP contribution >= 0.6 is 0 Å². The van der Waals surface area contributed by atoms with Crippen molar-refractivity contribution in [1.82, 2.24) is 10.2 Å². The van der Waals surface area contributed by atoms with Gasteiger partial charge in [0.25, 0.3) is 5.91 Å². The van der Waals surface area contributed by atoms with Crippen molar-refractivity contribution in [2.75, 3.05) is 6.61 Å². The summed E-state index contributed by atoms with van der Waals surface area (Å²) in [5, 5.41) is 3.16. The van der Waals surface area contributed by atoms with Crippen molar-refractivity contribution in [2.24, 2.45) is 0 Å². The maximum atomic E-state index is 13.2. The van der Waals surface area contributed by atoms with Gasteiger partial charge in [-0.3, -0.25) is 9.59 Å². The van der Waals surface area contributed by atoms with Gasteiger partial charge in [0.1, 0.15) is 11.8 Å². The van der Waals surface area contributed by atoms with Crippen molar-refractivity contribution in [3.05, 3.63) is 65.7 Å². The summed E-state index contributed by atoms with van der Waals surface area (Å²) in [6.45, 7) is 4.22. The van der Waals surface area contributed by atoms with Crippen LogP contribution in [0.2, 0.25) is 0 Å². The number of nitrogens with zero attached hydrogens (tertiary/aromatic N) is 1. The fourth-order valence-corrected chi connectivity index (χ4v) is 4.00. The molecule has 3 rings (SSSR count). The highest BCUT2D eigenvalue weighted by Crippen LogP contribution is 2.19. The monoisotopic (exact) mass is 408 g/mol. The van der Waals surface area contributed by atoms with Crippen LogP contribution in [0.25, 0.3) is 0 Å². The first-order chi connectivity index (χ1) is 14.6. The van der Waals surface area contributed by atoms with Gasteiger partial charge in [0.15, 0.2) is 6.61 Å². The number of amides is 2. The van der Waals surface area contributed by atoms with E-state index >= 15 is 0 Å². The standard InChI is InChI=1S/C25H32N2O3/c1-3-23(25(29)26-21-13-7-8-14-21)27(17-20-11-5-4-6-12-20)24(28)18-30-22-15-9-10-19(2)16-22/h4-6,9-12,15-16,21,23H,3,7-8,13-14,17-18H2,1-2H3,(H,26,29)/t23-/m1/s1. The smallest absolute Gasteiger partial charge is 0.261 e.